The van der Waals surface area contributed by atoms with Crippen LogP contribution in [-0.4, -0.2) is 23.2 Å². The molecule has 1 aromatic heterocycles. The smallest absolute Gasteiger partial charge is 0.332 e. The van der Waals surface area contributed by atoms with E-state index >= 15 is 0 Å². The summed E-state index contributed by atoms with van der Waals surface area (Å²) in [6.07, 6.45) is 1.32. The van der Waals surface area contributed by atoms with Crippen LogP contribution < -0.4 is 0 Å². The molecule has 0 N–H and O–H groups in total. The van der Waals surface area contributed by atoms with E-state index < -0.39 is 0 Å². The minimum absolute atomic E-state index is 0.0410. The molecule has 0 amide bonds. The van der Waals surface area contributed by atoms with Crippen LogP contribution in [0, 0.1) is 0 Å². The second kappa shape index (κ2) is 5.77. The van der Waals surface area contributed by atoms with Gasteiger partial charge in [0.2, 0.25) is 0 Å². The Morgan fingerprint density at radius 2 is 2.12 bits per heavy atom. The lowest BCUT2D eigenvalue weighted by molar-refractivity contribution is -0.159. The van der Waals surface area contributed by atoms with Gasteiger partial charge in [0, 0.05) is 6.20 Å². The van der Waals surface area contributed by atoms with Gasteiger partial charge in [-0.15, -0.1) is 0 Å². The molecule has 4 heteroatoms. The average Bonchev–Trinajstić information content (AvgIpc) is 2.27. The van der Waals surface area contributed by atoms with Gasteiger partial charge in [0.25, 0.3) is 0 Å². The molecule has 0 unspecified atom stereocenters. The molecule has 17 heavy (non-hydrogen) atoms. The van der Waals surface area contributed by atoms with Gasteiger partial charge in [0.15, 0.2) is 0 Å². The van der Waals surface area contributed by atoms with Gasteiger partial charge in [-0.25, -0.2) is 4.79 Å². The third kappa shape index (κ3) is 5.45. The van der Waals surface area contributed by atoms with Crippen molar-refractivity contribution in [3.05, 3.63) is 30.1 Å². The van der Waals surface area contributed by atoms with Crippen molar-refractivity contribution >= 4 is 5.97 Å². The molecule has 0 spiro atoms. The predicted molar refractivity (Wildman–Crippen MR) is 64.4 cm³/mol. The summed E-state index contributed by atoms with van der Waals surface area (Å²) < 4.78 is 10.5. The number of esters is 1. The third-order valence-electron chi connectivity index (χ3n) is 2.04. The Morgan fingerprint density at radius 3 is 2.65 bits per heavy atom. The number of carbonyl (C=O) groups excluding carboxylic acids is 1. The first-order chi connectivity index (χ1) is 7.88. The summed E-state index contributed by atoms with van der Waals surface area (Å²) in [7, 11) is 0. The van der Waals surface area contributed by atoms with Crippen LogP contribution in [0.5, 0.6) is 0 Å². The van der Waals surface area contributed by atoms with Gasteiger partial charge in [0.1, 0.15) is 12.7 Å². The largest absolute Gasteiger partial charge is 0.454 e. The van der Waals surface area contributed by atoms with E-state index in [0.29, 0.717) is 0 Å². The maximum atomic E-state index is 11.5. The molecular formula is C13H19NO3. The Balaban J connectivity index is 2.42. The van der Waals surface area contributed by atoms with Crippen molar-refractivity contribution in [2.24, 2.45) is 0 Å². The Labute approximate surface area is 102 Å². The van der Waals surface area contributed by atoms with Crippen LogP contribution in [-0.2, 0) is 14.3 Å². The van der Waals surface area contributed by atoms with Crippen molar-refractivity contribution in [2.75, 3.05) is 6.61 Å². The van der Waals surface area contributed by atoms with Crippen LogP contribution in [0.15, 0.2) is 24.4 Å². The summed E-state index contributed by atoms with van der Waals surface area (Å²) in [5.41, 5.74) is 0.393. The van der Waals surface area contributed by atoms with Crippen molar-refractivity contribution in [1.29, 1.82) is 0 Å². The summed E-state index contributed by atoms with van der Waals surface area (Å²) in [5.74, 6) is -0.377. The summed E-state index contributed by atoms with van der Waals surface area (Å²) in [6.45, 7) is 7.42. The molecule has 0 aliphatic rings. The van der Waals surface area contributed by atoms with Gasteiger partial charge in [-0.05, 0) is 39.8 Å². The van der Waals surface area contributed by atoms with Crippen LogP contribution in [0.25, 0.3) is 0 Å². The lowest BCUT2D eigenvalue weighted by Crippen LogP contribution is -2.25. The van der Waals surface area contributed by atoms with Crippen molar-refractivity contribution in [3.63, 3.8) is 0 Å². The highest BCUT2D eigenvalue weighted by Gasteiger charge is 2.16. The van der Waals surface area contributed by atoms with E-state index in [-0.39, 0.29) is 24.3 Å². The molecule has 4 nitrogen and oxygen atoms in total. The first-order valence-electron chi connectivity index (χ1n) is 5.63. The molecule has 94 valence electrons. The van der Waals surface area contributed by atoms with Crippen molar-refractivity contribution in [3.8, 4) is 0 Å². The standard InChI is InChI=1S/C13H19NO3/c1-10(11-7-5-6-8-14-11)17-12(15)9-16-13(2,3)4/h5-8,10H,9H2,1-4H3/t10-/m1/s1. The number of hydrogen-bond acceptors (Lipinski definition) is 4. The number of carbonyl (C=O) groups is 1. The predicted octanol–water partition coefficient (Wildman–Crippen LogP) is 2.50. The van der Waals surface area contributed by atoms with Gasteiger partial charge in [-0.1, -0.05) is 6.07 Å². The Hall–Kier alpha value is -1.42. The molecule has 0 bridgehead atoms. The average molecular weight is 237 g/mol. The minimum atomic E-state index is -0.377. The second-order valence-corrected chi connectivity index (χ2v) is 4.79. The zero-order chi connectivity index (χ0) is 12.9. The summed E-state index contributed by atoms with van der Waals surface area (Å²) in [5, 5.41) is 0. The molecule has 0 aliphatic heterocycles. The lowest BCUT2D eigenvalue weighted by Gasteiger charge is -2.19. The number of aromatic nitrogens is 1. The first kappa shape index (κ1) is 13.6. The van der Waals surface area contributed by atoms with Crippen molar-refractivity contribution < 1.29 is 14.3 Å². The SMILES string of the molecule is C[C@@H](OC(=O)COC(C)(C)C)c1ccccn1. The van der Waals surface area contributed by atoms with Crippen LogP contribution in [0.2, 0.25) is 0 Å². The number of ether oxygens (including phenoxy) is 2. The fourth-order valence-electron chi connectivity index (χ4n) is 1.18. The Kier molecular flexibility index (Phi) is 4.63. The molecular weight excluding hydrogens is 218 g/mol. The minimum Gasteiger partial charge on any atom is -0.454 e. The summed E-state index contributed by atoms with van der Waals surface area (Å²) in [4.78, 5) is 15.6. The van der Waals surface area contributed by atoms with E-state index in [4.69, 9.17) is 9.47 Å². The second-order valence-electron chi connectivity index (χ2n) is 4.79. The number of hydrogen-bond donors (Lipinski definition) is 0. The van der Waals surface area contributed by atoms with E-state index in [2.05, 4.69) is 4.98 Å². The zero-order valence-electron chi connectivity index (χ0n) is 10.8. The normalized spacial score (nSPS) is 13.2. The molecule has 0 saturated carbocycles. The van der Waals surface area contributed by atoms with Crippen LogP contribution >= 0.6 is 0 Å². The molecule has 1 heterocycles. The van der Waals surface area contributed by atoms with Crippen molar-refractivity contribution in [1.82, 2.24) is 4.98 Å². The molecule has 0 saturated heterocycles. The van der Waals surface area contributed by atoms with E-state index in [1.807, 2.05) is 39.0 Å². The maximum Gasteiger partial charge on any atom is 0.332 e. The van der Waals surface area contributed by atoms with Gasteiger partial charge in [0.05, 0.1) is 11.3 Å². The van der Waals surface area contributed by atoms with Crippen LogP contribution in [0.4, 0.5) is 0 Å². The number of nitrogens with zero attached hydrogens (tertiary/aromatic N) is 1. The van der Waals surface area contributed by atoms with E-state index in [0.717, 1.165) is 5.69 Å². The van der Waals surface area contributed by atoms with Crippen LogP contribution in [0.1, 0.15) is 39.5 Å². The highest BCUT2D eigenvalue weighted by molar-refractivity contribution is 5.71. The lowest BCUT2D eigenvalue weighted by atomic mass is 10.2. The van der Waals surface area contributed by atoms with Gasteiger partial charge >= 0.3 is 5.97 Å². The van der Waals surface area contributed by atoms with E-state index in [9.17, 15) is 4.79 Å². The van der Waals surface area contributed by atoms with Gasteiger partial charge < -0.3 is 9.47 Å². The first-order valence-corrected chi connectivity index (χ1v) is 5.63. The molecule has 0 fully saturated rings. The topological polar surface area (TPSA) is 48.4 Å². The molecule has 1 rings (SSSR count). The third-order valence-corrected chi connectivity index (χ3v) is 2.04. The van der Waals surface area contributed by atoms with Crippen LogP contribution in [0.3, 0.4) is 0 Å². The maximum absolute atomic E-state index is 11.5. The molecule has 1 aromatic rings. The number of pyridine rings is 1. The van der Waals surface area contributed by atoms with Crippen molar-refractivity contribution in [2.45, 2.75) is 39.4 Å². The van der Waals surface area contributed by atoms with E-state index in [1.165, 1.54) is 0 Å². The molecule has 0 aliphatic carbocycles. The monoisotopic (exact) mass is 237 g/mol. The molecule has 1 atom stereocenters. The number of rotatable bonds is 4. The fourth-order valence-corrected chi connectivity index (χ4v) is 1.18. The highest BCUT2D eigenvalue weighted by atomic mass is 16.6. The summed E-state index contributed by atoms with van der Waals surface area (Å²) >= 11 is 0. The Morgan fingerprint density at radius 1 is 1.41 bits per heavy atom. The molecule has 0 aromatic carbocycles. The van der Waals surface area contributed by atoms with E-state index in [1.54, 1.807) is 13.1 Å². The zero-order valence-corrected chi connectivity index (χ0v) is 10.8. The highest BCUT2D eigenvalue weighted by Crippen LogP contribution is 2.14. The fraction of sp³-hybridized carbons (Fsp3) is 0.538. The van der Waals surface area contributed by atoms with Gasteiger partial charge in [-0.2, -0.15) is 0 Å². The Bertz CT molecular complexity index is 357. The quantitative estimate of drug-likeness (QED) is 0.755. The molecule has 0 radical (unpaired) electrons. The summed E-state index contributed by atoms with van der Waals surface area (Å²) in [6, 6.07) is 5.50. The van der Waals surface area contributed by atoms with Gasteiger partial charge in [-0.3, -0.25) is 4.98 Å².